The fraction of sp³-hybridized carbons (Fsp3) is 0.368. The monoisotopic (exact) mass is 424 g/mol. The van der Waals surface area contributed by atoms with Gasteiger partial charge in [-0.25, -0.2) is 13.8 Å². The third kappa shape index (κ3) is 5.18. The number of hydrogen-bond donors (Lipinski definition) is 1. The molecule has 1 saturated carbocycles. The average molecular weight is 425 g/mol. The number of amides is 1. The van der Waals surface area contributed by atoms with Crippen molar-refractivity contribution in [1.29, 1.82) is 0 Å². The van der Waals surface area contributed by atoms with Gasteiger partial charge < -0.3 is 0 Å². The molecule has 0 unspecified atom stereocenters. The first-order valence-electron chi connectivity index (χ1n) is 8.81. The lowest BCUT2D eigenvalue weighted by molar-refractivity contribution is -0.127. The van der Waals surface area contributed by atoms with Crippen LogP contribution in [0.3, 0.4) is 0 Å². The van der Waals surface area contributed by atoms with Gasteiger partial charge in [-0.15, -0.1) is 11.3 Å². The van der Waals surface area contributed by atoms with Gasteiger partial charge in [0.15, 0.2) is 9.84 Å². The molecule has 1 aromatic heterocycles. The molecule has 27 heavy (non-hydrogen) atoms. The SMILES string of the molecule is CCS(=O)(=O)Cc1ccc(C(=NNC(=O)C2CCC2)c2ccc(Cl)cc2)s1. The van der Waals surface area contributed by atoms with Crippen LogP contribution in [0, 0.1) is 5.92 Å². The zero-order valence-corrected chi connectivity index (χ0v) is 17.3. The molecule has 0 spiro atoms. The Balaban J connectivity index is 1.88. The highest BCUT2D eigenvalue weighted by Crippen LogP contribution is 2.27. The minimum atomic E-state index is -3.10. The van der Waals surface area contributed by atoms with Crippen LogP contribution in [0.5, 0.6) is 0 Å². The average Bonchev–Trinajstić information content (AvgIpc) is 3.02. The predicted molar refractivity (Wildman–Crippen MR) is 110 cm³/mol. The summed E-state index contributed by atoms with van der Waals surface area (Å²) in [6.07, 6.45) is 2.87. The molecular formula is C19H21ClN2O3S2. The second-order valence-corrected chi connectivity index (χ2v) is 10.5. The lowest BCUT2D eigenvalue weighted by atomic mass is 9.85. The van der Waals surface area contributed by atoms with E-state index in [4.69, 9.17) is 11.6 Å². The second kappa shape index (κ2) is 8.54. The number of benzene rings is 1. The summed E-state index contributed by atoms with van der Waals surface area (Å²) in [7, 11) is -3.10. The van der Waals surface area contributed by atoms with Crippen molar-refractivity contribution in [2.75, 3.05) is 5.75 Å². The molecule has 144 valence electrons. The molecule has 5 nitrogen and oxygen atoms in total. The number of carbonyl (C=O) groups excluding carboxylic acids is 1. The summed E-state index contributed by atoms with van der Waals surface area (Å²) in [6, 6.07) is 10.8. The molecule has 1 aromatic carbocycles. The van der Waals surface area contributed by atoms with Gasteiger partial charge >= 0.3 is 0 Å². The Bertz CT molecular complexity index is 946. The molecule has 1 aliphatic rings. The maximum absolute atomic E-state index is 12.2. The number of thiophene rings is 1. The smallest absolute Gasteiger partial charge is 0.243 e. The van der Waals surface area contributed by atoms with Crippen molar-refractivity contribution in [2.24, 2.45) is 11.0 Å². The van der Waals surface area contributed by atoms with E-state index in [0.717, 1.165) is 34.6 Å². The van der Waals surface area contributed by atoms with Gasteiger partial charge in [-0.1, -0.05) is 37.1 Å². The molecule has 1 amide bonds. The van der Waals surface area contributed by atoms with E-state index in [-0.39, 0.29) is 23.3 Å². The van der Waals surface area contributed by atoms with E-state index in [9.17, 15) is 13.2 Å². The number of carbonyl (C=O) groups is 1. The highest BCUT2D eigenvalue weighted by atomic mass is 35.5. The van der Waals surface area contributed by atoms with Crippen molar-refractivity contribution >= 4 is 44.4 Å². The van der Waals surface area contributed by atoms with Crippen LogP contribution in [-0.4, -0.2) is 25.8 Å². The van der Waals surface area contributed by atoms with Crippen molar-refractivity contribution in [3.63, 3.8) is 0 Å². The van der Waals surface area contributed by atoms with Gasteiger partial charge in [0, 0.05) is 27.1 Å². The number of nitrogens with one attached hydrogen (secondary N) is 1. The zero-order valence-electron chi connectivity index (χ0n) is 14.9. The Hall–Kier alpha value is -1.70. The number of hydrazone groups is 1. The molecule has 0 radical (unpaired) electrons. The van der Waals surface area contributed by atoms with E-state index in [0.29, 0.717) is 10.7 Å². The largest absolute Gasteiger partial charge is 0.273 e. The minimum Gasteiger partial charge on any atom is -0.273 e. The maximum atomic E-state index is 12.2. The number of halogens is 1. The number of sulfone groups is 1. The molecule has 1 aliphatic carbocycles. The molecular weight excluding hydrogens is 404 g/mol. The van der Waals surface area contributed by atoms with Gasteiger partial charge in [-0.2, -0.15) is 5.10 Å². The summed E-state index contributed by atoms with van der Waals surface area (Å²) >= 11 is 7.34. The lowest BCUT2D eigenvalue weighted by Crippen LogP contribution is -2.32. The third-order valence-electron chi connectivity index (χ3n) is 4.57. The van der Waals surface area contributed by atoms with Gasteiger partial charge in [0.05, 0.1) is 10.6 Å². The van der Waals surface area contributed by atoms with Crippen LogP contribution in [0.25, 0.3) is 0 Å². The Morgan fingerprint density at radius 2 is 1.93 bits per heavy atom. The summed E-state index contributed by atoms with van der Waals surface area (Å²) in [5.41, 5.74) is 4.08. The predicted octanol–water partition coefficient (Wildman–Crippen LogP) is 4.00. The van der Waals surface area contributed by atoms with Crippen molar-refractivity contribution in [3.05, 3.63) is 56.7 Å². The quantitative estimate of drug-likeness (QED) is 0.539. The first-order chi connectivity index (χ1) is 12.9. The topological polar surface area (TPSA) is 75.6 Å². The van der Waals surface area contributed by atoms with Crippen LogP contribution in [0.2, 0.25) is 5.02 Å². The van der Waals surface area contributed by atoms with Crippen molar-refractivity contribution in [2.45, 2.75) is 31.9 Å². The Morgan fingerprint density at radius 1 is 1.22 bits per heavy atom. The summed E-state index contributed by atoms with van der Waals surface area (Å²) in [5.74, 6) is 0.0821. The zero-order chi connectivity index (χ0) is 19.4. The van der Waals surface area contributed by atoms with E-state index >= 15 is 0 Å². The van der Waals surface area contributed by atoms with Crippen molar-refractivity contribution in [3.8, 4) is 0 Å². The fourth-order valence-electron chi connectivity index (χ4n) is 2.64. The van der Waals surface area contributed by atoms with Gasteiger partial charge in [0.1, 0.15) is 5.71 Å². The first-order valence-corrected chi connectivity index (χ1v) is 11.8. The van der Waals surface area contributed by atoms with E-state index < -0.39 is 9.84 Å². The number of hydrogen-bond acceptors (Lipinski definition) is 5. The van der Waals surface area contributed by atoms with Crippen molar-refractivity contribution < 1.29 is 13.2 Å². The van der Waals surface area contributed by atoms with Gasteiger partial charge in [0.2, 0.25) is 5.91 Å². The van der Waals surface area contributed by atoms with Gasteiger partial charge in [-0.05, 0) is 37.1 Å². The van der Waals surface area contributed by atoms with Crippen molar-refractivity contribution in [1.82, 2.24) is 5.43 Å². The summed E-state index contributed by atoms with van der Waals surface area (Å²) in [5, 5.41) is 4.97. The second-order valence-electron chi connectivity index (χ2n) is 6.51. The van der Waals surface area contributed by atoms with E-state index in [1.54, 1.807) is 25.1 Å². The molecule has 1 fully saturated rings. The molecule has 2 aromatic rings. The highest BCUT2D eigenvalue weighted by molar-refractivity contribution is 7.90. The molecule has 0 atom stereocenters. The normalized spacial score (nSPS) is 15.4. The molecule has 0 saturated heterocycles. The maximum Gasteiger partial charge on any atom is 0.243 e. The summed E-state index contributed by atoms with van der Waals surface area (Å²) < 4.78 is 23.8. The molecule has 0 bridgehead atoms. The van der Waals surface area contributed by atoms with E-state index in [1.807, 2.05) is 18.2 Å². The molecule has 0 aliphatic heterocycles. The lowest BCUT2D eigenvalue weighted by Gasteiger charge is -2.22. The Morgan fingerprint density at radius 3 is 2.52 bits per heavy atom. The molecule has 3 rings (SSSR count). The highest BCUT2D eigenvalue weighted by Gasteiger charge is 2.25. The van der Waals surface area contributed by atoms with Gasteiger partial charge in [-0.3, -0.25) is 4.79 Å². The van der Waals surface area contributed by atoms with Crippen LogP contribution in [0.4, 0.5) is 0 Å². The number of nitrogens with zero attached hydrogens (tertiary/aromatic N) is 1. The van der Waals surface area contributed by atoms with Gasteiger partial charge in [0.25, 0.3) is 0 Å². The molecule has 1 N–H and O–H groups in total. The van der Waals surface area contributed by atoms with Crippen LogP contribution < -0.4 is 5.43 Å². The Labute approximate surface area is 168 Å². The minimum absolute atomic E-state index is 0.0104. The van der Waals surface area contributed by atoms with Crippen LogP contribution in [0.15, 0.2) is 41.5 Å². The van der Waals surface area contributed by atoms with E-state index in [1.165, 1.54) is 11.3 Å². The molecule has 8 heteroatoms. The van der Waals surface area contributed by atoms with Crippen LogP contribution in [0.1, 0.15) is 41.5 Å². The number of rotatable bonds is 7. The standard InChI is InChI=1S/C19H21ClN2O3S2/c1-2-27(24,25)12-16-10-11-17(26-16)18(13-6-8-15(20)9-7-13)21-22-19(23)14-4-3-5-14/h6-11,14H,2-5,12H2,1H3,(H,22,23). The van der Waals surface area contributed by atoms with Crippen LogP contribution >= 0.6 is 22.9 Å². The van der Waals surface area contributed by atoms with E-state index in [2.05, 4.69) is 10.5 Å². The fourth-order valence-corrected chi connectivity index (χ4v) is 5.09. The third-order valence-corrected chi connectivity index (χ3v) is 7.73. The molecule has 1 heterocycles. The summed E-state index contributed by atoms with van der Waals surface area (Å²) in [6.45, 7) is 1.64. The summed E-state index contributed by atoms with van der Waals surface area (Å²) in [4.78, 5) is 13.7. The van der Waals surface area contributed by atoms with Crippen LogP contribution in [-0.2, 0) is 20.4 Å². The first kappa shape index (κ1) is 20.0. The Kier molecular flexibility index (Phi) is 6.34.